The Kier molecular flexibility index (Phi) is 4.00. The molecule has 1 heterocycles. The molecule has 0 spiro atoms. The van der Waals surface area contributed by atoms with Gasteiger partial charge in [0.25, 0.3) is 0 Å². The van der Waals surface area contributed by atoms with Crippen LogP contribution in [0.1, 0.15) is 32.6 Å². The summed E-state index contributed by atoms with van der Waals surface area (Å²) < 4.78 is 0. The average Bonchev–Trinajstić information content (AvgIpc) is 2.98. The number of nitrogens with one attached hydrogen (secondary N) is 1. The van der Waals surface area contributed by atoms with Crippen LogP contribution >= 0.6 is 0 Å². The average molecular weight is 212 g/mol. The van der Waals surface area contributed by atoms with Gasteiger partial charge in [0.05, 0.1) is 6.10 Å². The minimum Gasteiger partial charge on any atom is -0.390 e. The van der Waals surface area contributed by atoms with Crippen LogP contribution in [0.15, 0.2) is 0 Å². The Morgan fingerprint density at radius 1 is 1.40 bits per heavy atom. The molecule has 0 unspecified atom stereocenters. The van der Waals surface area contributed by atoms with Crippen LogP contribution in [0.25, 0.3) is 0 Å². The van der Waals surface area contributed by atoms with Crippen molar-refractivity contribution in [3.8, 4) is 0 Å². The first-order chi connectivity index (χ1) is 7.24. The van der Waals surface area contributed by atoms with Crippen LogP contribution in [0.5, 0.6) is 0 Å². The number of nitrogens with zero attached hydrogens (tertiary/aromatic N) is 1. The predicted molar refractivity (Wildman–Crippen MR) is 61.9 cm³/mol. The van der Waals surface area contributed by atoms with Crippen molar-refractivity contribution >= 4 is 0 Å². The summed E-state index contributed by atoms with van der Waals surface area (Å²) in [5, 5.41) is 13.2. The number of aliphatic hydroxyl groups excluding tert-OH is 1. The van der Waals surface area contributed by atoms with Crippen LogP contribution < -0.4 is 5.32 Å². The van der Waals surface area contributed by atoms with Gasteiger partial charge in [-0.05, 0) is 38.1 Å². The Labute approximate surface area is 92.8 Å². The van der Waals surface area contributed by atoms with Crippen molar-refractivity contribution in [2.45, 2.75) is 44.8 Å². The zero-order valence-electron chi connectivity index (χ0n) is 9.78. The maximum absolute atomic E-state index is 9.86. The Morgan fingerprint density at radius 3 is 2.87 bits per heavy atom. The summed E-state index contributed by atoms with van der Waals surface area (Å²) in [6.07, 6.45) is 5.06. The van der Waals surface area contributed by atoms with Gasteiger partial charge in [0, 0.05) is 25.7 Å². The molecule has 15 heavy (non-hydrogen) atoms. The van der Waals surface area contributed by atoms with Crippen LogP contribution in [0.2, 0.25) is 0 Å². The summed E-state index contributed by atoms with van der Waals surface area (Å²) in [5.74, 6) is 0.808. The maximum atomic E-state index is 9.86. The molecule has 2 rings (SSSR count). The molecule has 0 aromatic carbocycles. The Balaban J connectivity index is 1.61. The van der Waals surface area contributed by atoms with Gasteiger partial charge in [0.15, 0.2) is 0 Å². The third-order valence-corrected chi connectivity index (χ3v) is 3.43. The van der Waals surface area contributed by atoms with E-state index in [9.17, 15) is 5.11 Å². The largest absolute Gasteiger partial charge is 0.390 e. The normalized spacial score (nSPS) is 30.4. The van der Waals surface area contributed by atoms with E-state index in [4.69, 9.17) is 0 Å². The molecule has 3 nitrogen and oxygen atoms in total. The molecule has 2 N–H and O–H groups in total. The highest BCUT2D eigenvalue weighted by atomic mass is 16.3. The first-order valence-electron chi connectivity index (χ1n) is 6.38. The lowest BCUT2D eigenvalue weighted by molar-refractivity contribution is 0.0868. The van der Waals surface area contributed by atoms with E-state index in [0.717, 1.165) is 19.0 Å². The molecule has 88 valence electrons. The second-order valence-corrected chi connectivity index (χ2v) is 5.34. The summed E-state index contributed by atoms with van der Waals surface area (Å²) in [5.41, 5.74) is 0. The van der Waals surface area contributed by atoms with Crippen LogP contribution in [-0.2, 0) is 0 Å². The third kappa shape index (κ3) is 4.09. The molecule has 2 aliphatic rings. The van der Waals surface area contributed by atoms with Crippen molar-refractivity contribution in [1.29, 1.82) is 0 Å². The van der Waals surface area contributed by atoms with Gasteiger partial charge in [-0.15, -0.1) is 0 Å². The van der Waals surface area contributed by atoms with E-state index in [1.807, 2.05) is 0 Å². The number of rotatable bonds is 5. The van der Waals surface area contributed by atoms with E-state index in [1.54, 1.807) is 0 Å². The smallest absolute Gasteiger partial charge is 0.0791 e. The molecule has 0 bridgehead atoms. The summed E-state index contributed by atoms with van der Waals surface area (Å²) in [7, 11) is 0. The number of hydrogen-bond acceptors (Lipinski definition) is 3. The highest BCUT2D eigenvalue weighted by molar-refractivity contribution is 4.82. The van der Waals surface area contributed by atoms with Crippen LogP contribution in [0.4, 0.5) is 0 Å². The topological polar surface area (TPSA) is 35.5 Å². The zero-order chi connectivity index (χ0) is 10.7. The number of β-amino-alcohol motifs (C(OH)–C–C–N with tert-alkyl or cyclic N) is 1. The van der Waals surface area contributed by atoms with Gasteiger partial charge < -0.3 is 15.3 Å². The quantitative estimate of drug-likeness (QED) is 0.708. The SMILES string of the molecule is C[C@@H]1CCCN(C[C@H](O)CNC2CC2)C1. The van der Waals surface area contributed by atoms with Gasteiger partial charge in [-0.3, -0.25) is 0 Å². The Bertz CT molecular complexity index is 194. The highest BCUT2D eigenvalue weighted by Gasteiger charge is 2.23. The van der Waals surface area contributed by atoms with E-state index in [1.165, 1.54) is 38.8 Å². The van der Waals surface area contributed by atoms with E-state index in [0.29, 0.717) is 6.04 Å². The summed E-state index contributed by atoms with van der Waals surface area (Å²) in [4.78, 5) is 2.41. The van der Waals surface area contributed by atoms with E-state index in [2.05, 4.69) is 17.1 Å². The Morgan fingerprint density at radius 2 is 2.20 bits per heavy atom. The molecule has 0 amide bonds. The molecule has 0 radical (unpaired) electrons. The minimum atomic E-state index is -0.184. The van der Waals surface area contributed by atoms with Gasteiger partial charge in [-0.25, -0.2) is 0 Å². The number of hydrogen-bond donors (Lipinski definition) is 2. The van der Waals surface area contributed by atoms with Crippen molar-refractivity contribution < 1.29 is 5.11 Å². The van der Waals surface area contributed by atoms with Gasteiger partial charge in [-0.2, -0.15) is 0 Å². The lowest BCUT2D eigenvalue weighted by Gasteiger charge is -2.32. The number of piperidine rings is 1. The van der Waals surface area contributed by atoms with E-state index >= 15 is 0 Å². The summed E-state index contributed by atoms with van der Waals surface area (Å²) in [6, 6.07) is 0.708. The second kappa shape index (κ2) is 5.28. The Hall–Kier alpha value is -0.120. The number of likely N-dealkylation sites (tertiary alicyclic amines) is 1. The fourth-order valence-corrected chi connectivity index (χ4v) is 2.41. The van der Waals surface area contributed by atoms with Crippen molar-refractivity contribution in [1.82, 2.24) is 10.2 Å². The van der Waals surface area contributed by atoms with Gasteiger partial charge >= 0.3 is 0 Å². The van der Waals surface area contributed by atoms with Crippen molar-refractivity contribution in [2.24, 2.45) is 5.92 Å². The van der Waals surface area contributed by atoms with Gasteiger partial charge in [0.1, 0.15) is 0 Å². The molecular weight excluding hydrogens is 188 g/mol. The van der Waals surface area contributed by atoms with Gasteiger partial charge in [0.2, 0.25) is 0 Å². The summed E-state index contributed by atoms with van der Waals surface area (Å²) >= 11 is 0. The zero-order valence-corrected chi connectivity index (χ0v) is 9.78. The molecule has 2 fully saturated rings. The maximum Gasteiger partial charge on any atom is 0.0791 e. The van der Waals surface area contributed by atoms with Crippen LogP contribution in [0.3, 0.4) is 0 Å². The predicted octanol–water partition coefficient (Wildman–Crippen LogP) is 0.831. The lowest BCUT2D eigenvalue weighted by Crippen LogP contribution is -2.43. The summed E-state index contributed by atoms with van der Waals surface area (Å²) in [6.45, 7) is 6.27. The fourth-order valence-electron chi connectivity index (χ4n) is 2.41. The molecule has 3 heteroatoms. The van der Waals surface area contributed by atoms with Crippen LogP contribution in [-0.4, -0.2) is 48.3 Å². The molecular formula is C12H24N2O. The molecule has 1 aliphatic heterocycles. The van der Waals surface area contributed by atoms with Gasteiger partial charge in [-0.1, -0.05) is 6.92 Å². The van der Waals surface area contributed by atoms with Crippen molar-refractivity contribution in [3.63, 3.8) is 0 Å². The van der Waals surface area contributed by atoms with Crippen molar-refractivity contribution in [2.75, 3.05) is 26.2 Å². The molecule has 0 aromatic heterocycles. The highest BCUT2D eigenvalue weighted by Crippen LogP contribution is 2.19. The standard InChI is InChI=1S/C12H24N2O/c1-10-3-2-6-14(8-10)9-12(15)7-13-11-4-5-11/h10-13,15H,2-9H2,1H3/t10-,12-/m1/s1. The minimum absolute atomic E-state index is 0.184. The first-order valence-corrected chi connectivity index (χ1v) is 6.38. The molecule has 1 aliphatic carbocycles. The molecule has 2 atom stereocenters. The first kappa shape index (κ1) is 11.4. The van der Waals surface area contributed by atoms with E-state index in [-0.39, 0.29) is 6.10 Å². The monoisotopic (exact) mass is 212 g/mol. The second-order valence-electron chi connectivity index (χ2n) is 5.34. The molecule has 1 saturated carbocycles. The lowest BCUT2D eigenvalue weighted by atomic mass is 10.00. The number of aliphatic hydroxyl groups is 1. The third-order valence-electron chi connectivity index (χ3n) is 3.43. The van der Waals surface area contributed by atoms with Crippen molar-refractivity contribution in [3.05, 3.63) is 0 Å². The fraction of sp³-hybridized carbons (Fsp3) is 1.00. The van der Waals surface area contributed by atoms with Crippen LogP contribution in [0, 0.1) is 5.92 Å². The molecule has 0 aromatic rings. The molecule has 1 saturated heterocycles. The van der Waals surface area contributed by atoms with E-state index < -0.39 is 0 Å².